The van der Waals surface area contributed by atoms with E-state index in [1.54, 1.807) is 41.3 Å². The minimum atomic E-state index is -3.94. The zero-order valence-corrected chi connectivity index (χ0v) is 16.2. The van der Waals surface area contributed by atoms with Gasteiger partial charge >= 0.3 is 5.97 Å². The fourth-order valence-electron chi connectivity index (χ4n) is 3.60. The first-order chi connectivity index (χ1) is 13.3. The second-order valence-corrected chi connectivity index (χ2v) is 8.38. The van der Waals surface area contributed by atoms with Gasteiger partial charge in [0.25, 0.3) is 10.0 Å². The van der Waals surface area contributed by atoms with Crippen LogP contribution < -0.4 is 4.90 Å². The highest BCUT2D eigenvalue weighted by molar-refractivity contribution is 7.90. The molecule has 0 atom stereocenters. The Balaban J connectivity index is 1.87. The van der Waals surface area contributed by atoms with E-state index in [4.69, 9.17) is 4.74 Å². The zero-order valence-electron chi connectivity index (χ0n) is 15.4. The third kappa shape index (κ3) is 2.68. The lowest BCUT2D eigenvalue weighted by Gasteiger charge is -2.15. The van der Waals surface area contributed by atoms with Gasteiger partial charge in [0.2, 0.25) is 5.91 Å². The van der Waals surface area contributed by atoms with Crippen molar-refractivity contribution in [2.45, 2.75) is 18.2 Å². The van der Waals surface area contributed by atoms with E-state index in [2.05, 4.69) is 0 Å². The molecule has 4 rings (SSSR count). The number of para-hydroxylation sites is 1. The maximum absolute atomic E-state index is 13.3. The van der Waals surface area contributed by atoms with E-state index in [-0.39, 0.29) is 16.4 Å². The van der Waals surface area contributed by atoms with E-state index in [1.807, 2.05) is 0 Å². The van der Waals surface area contributed by atoms with Crippen molar-refractivity contribution in [2.75, 3.05) is 18.6 Å². The molecule has 2 aromatic carbocycles. The predicted octanol–water partition coefficient (Wildman–Crippen LogP) is 2.57. The van der Waals surface area contributed by atoms with E-state index in [1.165, 1.54) is 26.3 Å². The molecule has 0 aliphatic carbocycles. The standard InChI is InChI=1S/C20H18N2O5S/c1-13(23)21-10-9-14-11-15(7-8-18(14)21)28(25,26)22-12-17(20(24)27-2)16-5-3-4-6-19(16)22/h3-8,11-12H,9-10H2,1-2H3. The highest BCUT2D eigenvalue weighted by atomic mass is 32.2. The van der Waals surface area contributed by atoms with E-state index in [0.29, 0.717) is 23.9 Å². The van der Waals surface area contributed by atoms with Crippen LogP contribution in [0.5, 0.6) is 0 Å². The summed E-state index contributed by atoms with van der Waals surface area (Å²) < 4.78 is 32.5. The van der Waals surface area contributed by atoms with Gasteiger partial charge in [0.05, 0.1) is 23.1 Å². The second kappa shape index (κ2) is 6.49. The van der Waals surface area contributed by atoms with Crippen molar-refractivity contribution < 1.29 is 22.7 Å². The number of carbonyl (C=O) groups is 2. The van der Waals surface area contributed by atoms with Gasteiger partial charge < -0.3 is 9.64 Å². The van der Waals surface area contributed by atoms with Gasteiger partial charge in [-0.1, -0.05) is 18.2 Å². The molecule has 0 saturated carbocycles. The van der Waals surface area contributed by atoms with Crippen LogP contribution in [0.1, 0.15) is 22.8 Å². The summed E-state index contributed by atoms with van der Waals surface area (Å²) in [6.45, 7) is 2.02. The Morgan fingerprint density at radius 3 is 2.57 bits per heavy atom. The number of benzene rings is 2. The summed E-state index contributed by atoms with van der Waals surface area (Å²) in [7, 11) is -2.69. The molecule has 1 aliphatic heterocycles. The van der Waals surface area contributed by atoms with Gasteiger partial charge in [-0.15, -0.1) is 0 Å². The molecule has 1 amide bonds. The van der Waals surface area contributed by atoms with Crippen LogP contribution in [-0.4, -0.2) is 37.9 Å². The van der Waals surface area contributed by atoms with Crippen molar-refractivity contribution in [1.29, 1.82) is 0 Å². The molecule has 0 radical (unpaired) electrons. The lowest BCUT2D eigenvalue weighted by molar-refractivity contribution is -0.116. The number of rotatable bonds is 3. The van der Waals surface area contributed by atoms with E-state index in [9.17, 15) is 18.0 Å². The summed E-state index contributed by atoms with van der Waals surface area (Å²) in [4.78, 5) is 25.5. The minimum Gasteiger partial charge on any atom is -0.465 e. The topological polar surface area (TPSA) is 85.7 Å². The first-order valence-electron chi connectivity index (χ1n) is 8.69. The van der Waals surface area contributed by atoms with Crippen LogP contribution in [-0.2, 0) is 26.0 Å². The van der Waals surface area contributed by atoms with Gasteiger partial charge in [0.15, 0.2) is 0 Å². The van der Waals surface area contributed by atoms with Crippen molar-refractivity contribution in [3.8, 4) is 0 Å². The Morgan fingerprint density at radius 1 is 1.11 bits per heavy atom. The smallest absolute Gasteiger partial charge is 0.340 e. The first kappa shape index (κ1) is 18.2. The van der Waals surface area contributed by atoms with Gasteiger partial charge in [0, 0.05) is 30.7 Å². The Kier molecular flexibility index (Phi) is 4.23. The average Bonchev–Trinajstić information content (AvgIpc) is 3.29. The summed E-state index contributed by atoms with van der Waals surface area (Å²) >= 11 is 0. The van der Waals surface area contributed by atoms with Crippen molar-refractivity contribution in [3.63, 3.8) is 0 Å². The van der Waals surface area contributed by atoms with Crippen molar-refractivity contribution >= 4 is 38.5 Å². The predicted molar refractivity (Wildman–Crippen MR) is 104 cm³/mol. The summed E-state index contributed by atoms with van der Waals surface area (Å²) in [5, 5.41) is 0.502. The number of esters is 1. The number of ether oxygens (including phenoxy) is 1. The summed E-state index contributed by atoms with van der Waals surface area (Å²) in [6, 6.07) is 11.5. The fourth-order valence-corrected chi connectivity index (χ4v) is 5.02. The van der Waals surface area contributed by atoms with Crippen LogP contribution in [0.2, 0.25) is 0 Å². The number of anilines is 1. The number of amides is 1. The third-order valence-corrected chi connectivity index (χ3v) is 6.64. The molecule has 0 unspecified atom stereocenters. The molecule has 0 spiro atoms. The number of carbonyl (C=O) groups excluding carboxylic acids is 2. The van der Waals surface area contributed by atoms with Crippen molar-refractivity contribution in [1.82, 2.24) is 3.97 Å². The van der Waals surface area contributed by atoms with Gasteiger partial charge in [-0.25, -0.2) is 17.2 Å². The van der Waals surface area contributed by atoms with Gasteiger partial charge in [0.1, 0.15) is 0 Å². The summed E-state index contributed by atoms with van der Waals surface area (Å²) in [6.07, 6.45) is 1.89. The van der Waals surface area contributed by atoms with Gasteiger partial charge in [-0.3, -0.25) is 4.79 Å². The Labute approximate surface area is 162 Å². The van der Waals surface area contributed by atoms with E-state index in [0.717, 1.165) is 15.2 Å². The highest BCUT2D eigenvalue weighted by Crippen LogP contribution is 2.32. The minimum absolute atomic E-state index is 0.0755. The molecule has 2 heterocycles. The van der Waals surface area contributed by atoms with Crippen molar-refractivity contribution in [3.05, 3.63) is 59.8 Å². The number of hydrogen-bond acceptors (Lipinski definition) is 5. The number of nitrogens with zero attached hydrogens (tertiary/aromatic N) is 2. The lowest BCUT2D eigenvalue weighted by Crippen LogP contribution is -2.25. The monoisotopic (exact) mass is 398 g/mol. The molecule has 1 aliphatic rings. The number of methoxy groups -OCH3 is 1. The highest BCUT2D eigenvalue weighted by Gasteiger charge is 2.27. The third-order valence-electron chi connectivity index (χ3n) is 4.97. The number of aromatic nitrogens is 1. The average molecular weight is 398 g/mol. The van der Waals surface area contributed by atoms with Crippen LogP contribution in [0.15, 0.2) is 53.6 Å². The molecule has 1 aromatic heterocycles. The molecule has 28 heavy (non-hydrogen) atoms. The lowest BCUT2D eigenvalue weighted by atomic mass is 10.2. The number of hydrogen-bond donors (Lipinski definition) is 0. The molecule has 0 N–H and O–H groups in total. The van der Waals surface area contributed by atoms with Crippen LogP contribution in [0.3, 0.4) is 0 Å². The van der Waals surface area contributed by atoms with Crippen LogP contribution in [0.4, 0.5) is 5.69 Å². The first-order valence-corrected chi connectivity index (χ1v) is 10.1. The van der Waals surface area contributed by atoms with Crippen LogP contribution in [0, 0.1) is 0 Å². The normalized spacial score (nSPS) is 13.6. The molecule has 0 bridgehead atoms. The van der Waals surface area contributed by atoms with Gasteiger partial charge in [-0.05, 0) is 36.2 Å². The molecule has 8 heteroatoms. The largest absolute Gasteiger partial charge is 0.465 e. The molecule has 7 nitrogen and oxygen atoms in total. The Hall–Kier alpha value is -3.13. The molecule has 0 fully saturated rings. The maximum Gasteiger partial charge on any atom is 0.340 e. The van der Waals surface area contributed by atoms with E-state index < -0.39 is 16.0 Å². The SMILES string of the molecule is COC(=O)c1cn(S(=O)(=O)c2ccc3c(c2)CCN3C(C)=O)c2ccccc12. The zero-order chi connectivity index (χ0) is 20.1. The van der Waals surface area contributed by atoms with Gasteiger partial charge in [-0.2, -0.15) is 0 Å². The van der Waals surface area contributed by atoms with Crippen LogP contribution >= 0.6 is 0 Å². The summed E-state index contributed by atoms with van der Waals surface area (Å²) in [5.74, 6) is -0.676. The van der Waals surface area contributed by atoms with Crippen LogP contribution in [0.25, 0.3) is 10.9 Å². The molecule has 144 valence electrons. The quantitative estimate of drug-likeness (QED) is 0.633. The number of fused-ring (bicyclic) bond motifs is 2. The fraction of sp³-hybridized carbons (Fsp3) is 0.200. The molecule has 3 aromatic rings. The van der Waals surface area contributed by atoms with Crippen molar-refractivity contribution in [2.24, 2.45) is 0 Å². The van der Waals surface area contributed by atoms with E-state index >= 15 is 0 Å². The molecular formula is C20H18N2O5S. The Morgan fingerprint density at radius 2 is 1.86 bits per heavy atom. The second-order valence-electron chi connectivity index (χ2n) is 6.56. The summed E-state index contributed by atoms with van der Waals surface area (Å²) in [5.41, 5.74) is 2.12. The maximum atomic E-state index is 13.3. The Bertz CT molecular complexity index is 1230. The molecular weight excluding hydrogens is 380 g/mol. The molecule has 0 saturated heterocycles.